The Bertz CT molecular complexity index is 421. The van der Waals surface area contributed by atoms with E-state index in [1.807, 2.05) is 0 Å². The summed E-state index contributed by atoms with van der Waals surface area (Å²) in [4.78, 5) is 11.4. The maximum atomic E-state index is 11.4. The van der Waals surface area contributed by atoms with Crippen LogP contribution >= 0.6 is 0 Å². The number of rotatable bonds is 6. The van der Waals surface area contributed by atoms with Gasteiger partial charge in [-0.15, -0.1) is 0 Å². The molecule has 6 heteroatoms. The molecule has 6 nitrogen and oxygen atoms in total. The lowest BCUT2D eigenvalue weighted by atomic mass is 10.3. The van der Waals surface area contributed by atoms with Gasteiger partial charge in [0.05, 0.1) is 6.61 Å². The predicted octanol–water partition coefficient (Wildman–Crippen LogP) is 0.557. The van der Waals surface area contributed by atoms with Crippen molar-refractivity contribution in [2.24, 2.45) is 0 Å². The average molecular weight is 253 g/mol. The van der Waals surface area contributed by atoms with Crippen molar-refractivity contribution in [2.75, 3.05) is 33.7 Å². The maximum Gasteiger partial charge on any atom is 0.258 e. The second-order valence-electron chi connectivity index (χ2n) is 3.65. The molecular weight excluding hydrogens is 238 g/mol. The van der Waals surface area contributed by atoms with E-state index in [2.05, 4.69) is 5.32 Å². The summed E-state index contributed by atoms with van der Waals surface area (Å²) in [6, 6.07) is 5.18. The molecule has 1 aliphatic rings. The van der Waals surface area contributed by atoms with Gasteiger partial charge in [-0.05, 0) is 12.1 Å². The minimum absolute atomic E-state index is 0.0383. The van der Waals surface area contributed by atoms with Crippen molar-refractivity contribution in [3.05, 3.63) is 18.2 Å². The summed E-state index contributed by atoms with van der Waals surface area (Å²) in [5.41, 5.74) is 0. The Labute approximate surface area is 105 Å². The summed E-state index contributed by atoms with van der Waals surface area (Å²) in [5.74, 6) is 1.70. The molecule has 0 saturated heterocycles. The van der Waals surface area contributed by atoms with Crippen molar-refractivity contribution in [3.8, 4) is 17.2 Å². The third-order valence-corrected chi connectivity index (χ3v) is 2.34. The van der Waals surface area contributed by atoms with Gasteiger partial charge in [-0.3, -0.25) is 4.79 Å². The molecule has 1 aliphatic heterocycles. The minimum atomic E-state index is -0.190. The van der Waals surface area contributed by atoms with E-state index >= 15 is 0 Å². The van der Waals surface area contributed by atoms with Crippen molar-refractivity contribution < 1.29 is 23.7 Å². The molecule has 1 heterocycles. The van der Waals surface area contributed by atoms with Crippen LogP contribution in [0.15, 0.2) is 18.2 Å². The lowest BCUT2D eigenvalue weighted by molar-refractivity contribution is -0.123. The van der Waals surface area contributed by atoms with Crippen LogP contribution < -0.4 is 19.5 Å². The lowest BCUT2D eigenvalue weighted by Gasteiger charge is -2.07. The van der Waals surface area contributed by atoms with Gasteiger partial charge < -0.3 is 24.3 Å². The van der Waals surface area contributed by atoms with Gasteiger partial charge in [-0.25, -0.2) is 0 Å². The summed E-state index contributed by atoms with van der Waals surface area (Å²) in [6.45, 7) is 1.13. The number of carbonyl (C=O) groups is 1. The fraction of sp³-hybridized carbons (Fsp3) is 0.417. The highest BCUT2D eigenvalue weighted by Crippen LogP contribution is 2.34. The standard InChI is InChI=1S/C12H15NO5/c1-15-5-4-13-12(14)7-16-9-2-3-10-11(6-9)18-8-17-10/h2-3,6H,4-5,7-8H2,1H3,(H,13,14). The number of hydrogen-bond acceptors (Lipinski definition) is 5. The summed E-state index contributed by atoms with van der Waals surface area (Å²) in [5, 5.41) is 2.66. The van der Waals surface area contributed by atoms with Gasteiger partial charge in [0.2, 0.25) is 6.79 Å². The Kier molecular flexibility index (Phi) is 4.25. The van der Waals surface area contributed by atoms with E-state index in [0.717, 1.165) is 0 Å². The number of nitrogens with one attached hydrogen (secondary N) is 1. The molecular formula is C12H15NO5. The topological polar surface area (TPSA) is 66.0 Å². The van der Waals surface area contributed by atoms with E-state index in [0.29, 0.717) is 30.4 Å². The summed E-state index contributed by atoms with van der Waals surface area (Å²) in [7, 11) is 1.58. The zero-order chi connectivity index (χ0) is 12.8. The van der Waals surface area contributed by atoms with Gasteiger partial charge in [0.25, 0.3) is 5.91 Å². The van der Waals surface area contributed by atoms with Gasteiger partial charge in [0, 0.05) is 19.7 Å². The normalized spacial score (nSPS) is 12.3. The monoisotopic (exact) mass is 253 g/mol. The molecule has 18 heavy (non-hydrogen) atoms. The third-order valence-electron chi connectivity index (χ3n) is 2.34. The van der Waals surface area contributed by atoms with E-state index < -0.39 is 0 Å². The van der Waals surface area contributed by atoms with Gasteiger partial charge in [0.1, 0.15) is 5.75 Å². The van der Waals surface area contributed by atoms with Crippen LogP contribution in [0.3, 0.4) is 0 Å². The maximum absolute atomic E-state index is 11.4. The summed E-state index contributed by atoms with van der Waals surface area (Å²) in [6.07, 6.45) is 0. The summed E-state index contributed by atoms with van der Waals surface area (Å²) >= 11 is 0. The molecule has 1 aromatic carbocycles. The number of methoxy groups -OCH3 is 1. The fourth-order valence-corrected chi connectivity index (χ4v) is 1.46. The fourth-order valence-electron chi connectivity index (χ4n) is 1.46. The molecule has 0 radical (unpaired) electrons. The first-order chi connectivity index (χ1) is 8.79. The van der Waals surface area contributed by atoms with Crippen LogP contribution in [0.25, 0.3) is 0 Å². The Balaban J connectivity index is 1.78. The Hall–Kier alpha value is -1.95. The lowest BCUT2D eigenvalue weighted by Crippen LogP contribution is -2.31. The number of fused-ring (bicyclic) bond motifs is 1. The minimum Gasteiger partial charge on any atom is -0.484 e. The highest BCUT2D eigenvalue weighted by molar-refractivity contribution is 5.77. The number of benzene rings is 1. The van der Waals surface area contributed by atoms with Crippen LogP contribution in [-0.2, 0) is 9.53 Å². The van der Waals surface area contributed by atoms with Crippen LogP contribution in [-0.4, -0.2) is 39.6 Å². The van der Waals surface area contributed by atoms with E-state index in [4.69, 9.17) is 18.9 Å². The number of hydrogen-bond donors (Lipinski definition) is 1. The second-order valence-corrected chi connectivity index (χ2v) is 3.65. The molecule has 1 amide bonds. The molecule has 0 aromatic heterocycles. The number of carbonyl (C=O) groups excluding carboxylic acids is 1. The molecule has 0 bridgehead atoms. The van der Waals surface area contributed by atoms with Crippen LogP contribution in [0.5, 0.6) is 17.2 Å². The number of ether oxygens (including phenoxy) is 4. The molecule has 2 rings (SSSR count). The number of amides is 1. The van der Waals surface area contributed by atoms with E-state index in [1.54, 1.807) is 25.3 Å². The molecule has 0 atom stereocenters. The molecule has 0 fully saturated rings. The first-order valence-corrected chi connectivity index (χ1v) is 5.57. The van der Waals surface area contributed by atoms with Crippen molar-refractivity contribution >= 4 is 5.91 Å². The SMILES string of the molecule is COCCNC(=O)COc1ccc2c(c1)OCO2. The molecule has 98 valence electrons. The third kappa shape index (κ3) is 3.27. The van der Waals surface area contributed by atoms with E-state index in [-0.39, 0.29) is 19.3 Å². The van der Waals surface area contributed by atoms with Crippen LogP contribution in [0.2, 0.25) is 0 Å². The molecule has 0 spiro atoms. The Morgan fingerprint density at radius 1 is 1.39 bits per heavy atom. The van der Waals surface area contributed by atoms with Crippen LogP contribution in [0, 0.1) is 0 Å². The first kappa shape index (κ1) is 12.5. The van der Waals surface area contributed by atoms with Gasteiger partial charge >= 0.3 is 0 Å². The second kappa shape index (κ2) is 6.11. The van der Waals surface area contributed by atoms with Gasteiger partial charge in [-0.1, -0.05) is 0 Å². The van der Waals surface area contributed by atoms with Crippen molar-refractivity contribution in [2.45, 2.75) is 0 Å². The van der Waals surface area contributed by atoms with Crippen LogP contribution in [0.4, 0.5) is 0 Å². The van der Waals surface area contributed by atoms with Crippen molar-refractivity contribution in [3.63, 3.8) is 0 Å². The quantitative estimate of drug-likeness (QED) is 0.750. The smallest absolute Gasteiger partial charge is 0.258 e. The molecule has 0 aliphatic carbocycles. The molecule has 1 aromatic rings. The van der Waals surface area contributed by atoms with E-state index in [9.17, 15) is 4.79 Å². The van der Waals surface area contributed by atoms with Crippen molar-refractivity contribution in [1.29, 1.82) is 0 Å². The van der Waals surface area contributed by atoms with Gasteiger partial charge in [-0.2, -0.15) is 0 Å². The van der Waals surface area contributed by atoms with Crippen LogP contribution in [0.1, 0.15) is 0 Å². The summed E-state index contributed by atoms with van der Waals surface area (Å²) < 4.78 is 20.5. The average Bonchev–Trinajstić information content (AvgIpc) is 2.84. The van der Waals surface area contributed by atoms with Gasteiger partial charge in [0.15, 0.2) is 18.1 Å². The highest BCUT2D eigenvalue weighted by atomic mass is 16.7. The first-order valence-electron chi connectivity index (χ1n) is 5.57. The zero-order valence-electron chi connectivity index (χ0n) is 10.1. The molecule has 0 saturated carbocycles. The predicted molar refractivity (Wildman–Crippen MR) is 62.9 cm³/mol. The molecule has 0 unspecified atom stereocenters. The Morgan fingerprint density at radius 2 is 2.22 bits per heavy atom. The van der Waals surface area contributed by atoms with E-state index in [1.165, 1.54) is 0 Å². The molecule has 1 N–H and O–H groups in total. The van der Waals surface area contributed by atoms with Crippen molar-refractivity contribution in [1.82, 2.24) is 5.32 Å². The largest absolute Gasteiger partial charge is 0.484 e. The Morgan fingerprint density at radius 3 is 3.06 bits per heavy atom. The zero-order valence-corrected chi connectivity index (χ0v) is 10.1. The highest BCUT2D eigenvalue weighted by Gasteiger charge is 2.14.